The maximum Gasteiger partial charge on any atom is 0.211 e. The maximum absolute atomic E-state index is 5.61. The van der Waals surface area contributed by atoms with Crippen LogP contribution in [0.4, 0.5) is 0 Å². The van der Waals surface area contributed by atoms with Crippen LogP contribution in [0.3, 0.4) is 0 Å². The Kier molecular flexibility index (Phi) is 2.10. The number of halogens is 1. The molecule has 1 unspecified atom stereocenters. The van der Waals surface area contributed by atoms with Gasteiger partial charge in [0.2, 0.25) is 4.67 Å². The molecular formula is C11H11BrN2O2. The molecule has 1 aliphatic heterocycles. The molecule has 1 atom stereocenters. The lowest BCUT2D eigenvalue weighted by molar-refractivity contribution is 0.326. The van der Waals surface area contributed by atoms with Gasteiger partial charge in [-0.1, -0.05) is 0 Å². The van der Waals surface area contributed by atoms with Crippen LogP contribution in [0.1, 0.15) is 28.7 Å². The van der Waals surface area contributed by atoms with Crippen LogP contribution in [-0.4, -0.2) is 16.6 Å². The van der Waals surface area contributed by atoms with Crippen molar-refractivity contribution >= 4 is 15.9 Å². The Balaban J connectivity index is 2.07. The fraction of sp³-hybridized carbons (Fsp3) is 0.364. The molecule has 2 aromatic rings. The molecule has 4 nitrogen and oxygen atoms in total. The Morgan fingerprint density at radius 1 is 1.50 bits per heavy atom. The zero-order valence-corrected chi connectivity index (χ0v) is 10.6. The van der Waals surface area contributed by atoms with Crippen molar-refractivity contribution in [3.8, 4) is 5.75 Å². The number of furan rings is 1. The van der Waals surface area contributed by atoms with Gasteiger partial charge in [-0.3, -0.25) is 0 Å². The predicted octanol–water partition coefficient (Wildman–Crippen LogP) is 2.91. The van der Waals surface area contributed by atoms with Gasteiger partial charge in [-0.25, -0.2) is 4.98 Å². The topological polar surface area (TPSA) is 51.1 Å². The van der Waals surface area contributed by atoms with Crippen molar-refractivity contribution in [2.75, 3.05) is 6.61 Å². The van der Waals surface area contributed by atoms with Crippen molar-refractivity contribution in [3.63, 3.8) is 0 Å². The third-order valence-corrected chi connectivity index (χ3v) is 3.42. The fourth-order valence-corrected chi connectivity index (χ4v) is 2.60. The molecule has 3 heterocycles. The molecule has 2 aromatic heterocycles. The lowest BCUT2D eigenvalue weighted by Gasteiger charge is -2.04. The minimum absolute atomic E-state index is 0.176. The largest absolute Gasteiger partial charge is 0.488 e. The number of aryl methyl sites for hydroxylation is 2. The van der Waals surface area contributed by atoms with E-state index >= 15 is 0 Å². The molecule has 1 aliphatic rings. The lowest BCUT2D eigenvalue weighted by atomic mass is 10.00. The van der Waals surface area contributed by atoms with Crippen LogP contribution in [0.15, 0.2) is 15.3 Å². The van der Waals surface area contributed by atoms with Crippen molar-refractivity contribution < 1.29 is 9.15 Å². The van der Waals surface area contributed by atoms with Gasteiger partial charge in [0.1, 0.15) is 12.4 Å². The number of hydrogen-bond donors (Lipinski definition) is 1. The van der Waals surface area contributed by atoms with Crippen molar-refractivity contribution in [1.82, 2.24) is 9.97 Å². The summed E-state index contributed by atoms with van der Waals surface area (Å²) < 4.78 is 11.6. The monoisotopic (exact) mass is 282 g/mol. The van der Waals surface area contributed by atoms with Gasteiger partial charge >= 0.3 is 0 Å². The summed E-state index contributed by atoms with van der Waals surface area (Å²) in [4.78, 5) is 7.72. The summed E-state index contributed by atoms with van der Waals surface area (Å²) in [5.41, 5.74) is 3.21. The number of rotatable bonds is 1. The van der Waals surface area contributed by atoms with Crippen molar-refractivity contribution in [3.05, 3.63) is 33.7 Å². The van der Waals surface area contributed by atoms with Gasteiger partial charge in [0.05, 0.1) is 17.9 Å². The Morgan fingerprint density at radius 2 is 2.31 bits per heavy atom. The van der Waals surface area contributed by atoms with Gasteiger partial charge in [-0.05, 0) is 29.8 Å². The van der Waals surface area contributed by atoms with E-state index in [9.17, 15) is 0 Å². The summed E-state index contributed by atoms with van der Waals surface area (Å²) in [6.07, 6.45) is 1.74. The number of aromatic nitrogens is 2. The standard InChI is InChI=1S/C11H11BrN2O2/c1-5-9(14-6(2)13-5)7-3-15-10-8(7)4-16-11(10)12/h4,7H,3H2,1-2H3,(H,13,14). The molecule has 3 rings (SSSR count). The van der Waals surface area contributed by atoms with E-state index in [0.717, 1.165) is 28.5 Å². The zero-order valence-electron chi connectivity index (χ0n) is 9.00. The molecule has 16 heavy (non-hydrogen) atoms. The highest BCUT2D eigenvalue weighted by Crippen LogP contribution is 2.44. The second kappa shape index (κ2) is 3.38. The number of ether oxygens (including phenoxy) is 1. The molecule has 0 radical (unpaired) electrons. The molecule has 0 aliphatic carbocycles. The van der Waals surface area contributed by atoms with Crippen LogP contribution < -0.4 is 4.74 Å². The Morgan fingerprint density at radius 3 is 3.00 bits per heavy atom. The quantitative estimate of drug-likeness (QED) is 0.875. The van der Waals surface area contributed by atoms with Gasteiger partial charge in [0, 0.05) is 11.3 Å². The number of fused-ring (bicyclic) bond motifs is 1. The number of nitrogens with zero attached hydrogens (tertiary/aromatic N) is 1. The van der Waals surface area contributed by atoms with Crippen LogP contribution in [0, 0.1) is 13.8 Å². The van der Waals surface area contributed by atoms with Crippen LogP contribution in [-0.2, 0) is 0 Å². The molecule has 0 amide bonds. The second-order valence-corrected chi connectivity index (χ2v) is 4.71. The second-order valence-electron chi connectivity index (χ2n) is 3.99. The molecule has 0 saturated heterocycles. The van der Waals surface area contributed by atoms with Gasteiger partial charge in [-0.2, -0.15) is 0 Å². The van der Waals surface area contributed by atoms with E-state index in [1.54, 1.807) is 6.26 Å². The van der Waals surface area contributed by atoms with E-state index in [-0.39, 0.29) is 5.92 Å². The first-order valence-electron chi connectivity index (χ1n) is 5.09. The van der Waals surface area contributed by atoms with Crippen molar-refractivity contribution in [1.29, 1.82) is 0 Å². The summed E-state index contributed by atoms with van der Waals surface area (Å²) in [5.74, 6) is 1.92. The highest BCUT2D eigenvalue weighted by Gasteiger charge is 2.32. The highest BCUT2D eigenvalue weighted by molar-refractivity contribution is 9.10. The van der Waals surface area contributed by atoms with Crippen LogP contribution in [0.2, 0.25) is 0 Å². The van der Waals surface area contributed by atoms with Crippen LogP contribution in [0.25, 0.3) is 0 Å². The van der Waals surface area contributed by atoms with Gasteiger partial charge in [0.25, 0.3) is 0 Å². The summed E-state index contributed by atoms with van der Waals surface area (Å²) in [6.45, 7) is 4.62. The van der Waals surface area contributed by atoms with Crippen molar-refractivity contribution in [2.24, 2.45) is 0 Å². The number of aromatic amines is 1. The minimum atomic E-state index is 0.176. The third kappa shape index (κ3) is 1.31. The smallest absolute Gasteiger partial charge is 0.211 e. The predicted molar refractivity (Wildman–Crippen MR) is 61.8 cm³/mol. The van der Waals surface area contributed by atoms with Crippen molar-refractivity contribution in [2.45, 2.75) is 19.8 Å². The Bertz CT molecular complexity index is 544. The Hall–Kier alpha value is -1.23. The molecule has 0 saturated carbocycles. The summed E-state index contributed by atoms with van der Waals surface area (Å²) >= 11 is 3.32. The molecular weight excluding hydrogens is 272 g/mol. The van der Waals surface area contributed by atoms with Crippen LogP contribution >= 0.6 is 15.9 Å². The van der Waals surface area contributed by atoms with Gasteiger partial charge in [-0.15, -0.1) is 0 Å². The van der Waals surface area contributed by atoms with E-state index in [4.69, 9.17) is 9.15 Å². The number of H-pyrrole nitrogens is 1. The minimum Gasteiger partial charge on any atom is -0.488 e. The molecule has 5 heteroatoms. The zero-order chi connectivity index (χ0) is 11.3. The average molecular weight is 283 g/mol. The number of imidazole rings is 1. The SMILES string of the molecule is Cc1nc(C2COc3c2coc3Br)c(C)[nH]1. The fourth-order valence-electron chi connectivity index (χ4n) is 2.17. The average Bonchev–Trinajstić information content (AvgIpc) is 2.85. The molecule has 84 valence electrons. The highest BCUT2D eigenvalue weighted by atomic mass is 79.9. The first kappa shape index (κ1) is 9.96. The van der Waals surface area contributed by atoms with Gasteiger partial charge < -0.3 is 14.1 Å². The molecule has 0 spiro atoms. The summed E-state index contributed by atoms with van der Waals surface area (Å²) in [5, 5.41) is 0. The van der Waals surface area contributed by atoms with E-state index in [1.165, 1.54) is 0 Å². The molecule has 0 bridgehead atoms. The third-order valence-electron chi connectivity index (χ3n) is 2.87. The van der Waals surface area contributed by atoms with E-state index < -0.39 is 0 Å². The maximum atomic E-state index is 5.61. The molecule has 0 aromatic carbocycles. The van der Waals surface area contributed by atoms with Gasteiger partial charge in [0.15, 0.2) is 5.75 Å². The van der Waals surface area contributed by atoms with E-state index in [2.05, 4.69) is 25.9 Å². The summed E-state index contributed by atoms with van der Waals surface area (Å²) in [6, 6.07) is 0. The normalized spacial score (nSPS) is 18.6. The molecule has 0 fully saturated rings. The molecule has 1 N–H and O–H groups in total. The number of nitrogens with one attached hydrogen (secondary N) is 1. The Labute approximate surface area is 101 Å². The lowest BCUT2D eigenvalue weighted by Crippen LogP contribution is -2.04. The van der Waals surface area contributed by atoms with E-state index in [0.29, 0.717) is 11.3 Å². The first-order valence-corrected chi connectivity index (χ1v) is 5.89. The first-order chi connectivity index (χ1) is 7.66. The number of hydrogen-bond acceptors (Lipinski definition) is 3. The van der Waals surface area contributed by atoms with E-state index in [1.807, 2.05) is 13.8 Å². The van der Waals surface area contributed by atoms with Crippen LogP contribution in [0.5, 0.6) is 5.75 Å². The summed E-state index contributed by atoms with van der Waals surface area (Å²) in [7, 11) is 0.